The number of hydrogen-bond acceptors (Lipinski definition) is 3. The summed E-state index contributed by atoms with van der Waals surface area (Å²) in [4.78, 5) is 14.4. The maximum absolute atomic E-state index is 6.23. The number of aromatic nitrogens is 4. The molecule has 130 valence electrons. The maximum atomic E-state index is 6.23. The Morgan fingerprint density at radius 3 is 2.26 bits per heavy atom. The van der Waals surface area contributed by atoms with E-state index in [0.717, 1.165) is 33.8 Å². The van der Waals surface area contributed by atoms with Crippen molar-refractivity contribution in [3.63, 3.8) is 0 Å². The third kappa shape index (κ3) is 2.75. The van der Waals surface area contributed by atoms with Crippen LogP contribution in [0.25, 0.3) is 39.4 Å². The number of hydrogen-bond donors (Lipinski definition) is 0. The summed E-state index contributed by atoms with van der Waals surface area (Å²) in [6.07, 6.45) is 0. The van der Waals surface area contributed by atoms with E-state index in [2.05, 4.69) is 31.2 Å². The summed E-state index contributed by atoms with van der Waals surface area (Å²) in [5, 5.41) is 0.668. The van der Waals surface area contributed by atoms with E-state index in [4.69, 9.17) is 26.6 Å². The molecule has 5 rings (SSSR count). The van der Waals surface area contributed by atoms with Crippen LogP contribution in [0.2, 0.25) is 5.02 Å². The van der Waals surface area contributed by atoms with Crippen molar-refractivity contribution in [3.05, 3.63) is 83.4 Å². The topological polar surface area (TPSA) is 43.6 Å². The zero-order chi connectivity index (χ0) is 18.4. The molecule has 3 aromatic carbocycles. The zero-order valence-electron chi connectivity index (χ0n) is 14.6. The molecule has 5 aromatic rings. The summed E-state index contributed by atoms with van der Waals surface area (Å²) in [6, 6.07) is 23.8. The second-order valence-corrected chi connectivity index (χ2v) is 6.91. The lowest BCUT2D eigenvalue weighted by molar-refractivity contribution is 1.08. The molecule has 27 heavy (non-hydrogen) atoms. The molecule has 0 spiro atoms. The third-order valence-electron chi connectivity index (χ3n) is 4.54. The standard InChI is InChI=1S/C22H15ClN4/c1-14-9-11-17(12-10-14)27-21(15-5-4-6-16(23)13-15)26-20-22(27)25-19-8-3-2-7-18(19)24-20/h2-13H,1H3. The summed E-state index contributed by atoms with van der Waals surface area (Å²) in [5.74, 6) is 0.770. The van der Waals surface area contributed by atoms with Crippen LogP contribution in [-0.2, 0) is 0 Å². The lowest BCUT2D eigenvalue weighted by Gasteiger charge is -2.09. The first kappa shape index (κ1) is 16.0. The van der Waals surface area contributed by atoms with Crippen LogP contribution in [0.4, 0.5) is 0 Å². The summed E-state index contributed by atoms with van der Waals surface area (Å²) in [7, 11) is 0. The van der Waals surface area contributed by atoms with Gasteiger partial charge in [-0.2, -0.15) is 0 Å². The monoisotopic (exact) mass is 370 g/mol. The van der Waals surface area contributed by atoms with Crippen LogP contribution in [0, 0.1) is 6.92 Å². The normalized spacial score (nSPS) is 11.3. The molecule has 5 heteroatoms. The zero-order valence-corrected chi connectivity index (χ0v) is 15.4. The molecule has 0 fully saturated rings. The second-order valence-electron chi connectivity index (χ2n) is 6.48. The lowest BCUT2D eigenvalue weighted by atomic mass is 10.2. The van der Waals surface area contributed by atoms with Crippen molar-refractivity contribution in [1.29, 1.82) is 0 Å². The molecule has 2 aromatic heterocycles. The molecule has 0 amide bonds. The first-order valence-corrected chi connectivity index (χ1v) is 9.05. The van der Waals surface area contributed by atoms with E-state index in [-0.39, 0.29) is 0 Å². The van der Waals surface area contributed by atoms with Gasteiger partial charge in [-0.1, -0.05) is 53.6 Å². The van der Waals surface area contributed by atoms with E-state index < -0.39 is 0 Å². The number of benzene rings is 3. The Morgan fingerprint density at radius 1 is 0.778 bits per heavy atom. The maximum Gasteiger partial charge on any atom is 0.199 e. The largest absolute Gasteiger partial charge is 0.275 e. The fourth-order valence-electron chi connectivity index (χ4n) is 3.22. The SMILES string of the molecule is Cc1ccc(-n2c(-c3cccc(Cl)c3)nc3nc4ccccc4nc32)cc1. The minimum Gasteiger partial charge on any atom is -0.275 e. The minimum absolute atomic E-state index is 0.615. The molecule has 0 aliphatic carbocycles. The summed E-state index contributed by atoms with van der Waals surface area (Å²) < 4.78 is 2.04. The lowest BCUT2D eigenvalue weighted by Crippen LogP contribution is -1.99. The second kappa shape index (κ2) is 6.18. The molecule has 0 saturated carbocycles. The van der Waals surface area contributed by atoms with Crippen molar-refractivity contribution in [3.8, 4) is 17.1 Å². The molecule has 0 saturated heterocycles. The third-order valence-corrected chi connectivity index (χ3v) is 4.78. The van der Waals surface area contributed by atoms with Gasteiger partial charge in [-0.15, -0.1) is 0 Å². The molecule has 4 nitrogen and oxygen atoms in total. The fourth-order valence-corrected chi connectivity index (χ4v) is 3.41. The molecule has 0 N–H and O–H groups in total. The van der Waals surface area contributed by atoms with E-state index in [1.54, 1.807) is 0 Å². The van der Waals surface area contributed by atoms with Crippen molar-refractivity contribution >= 4 is 33.9 Å². The average Bonchev–Trinajstić information content (AvgIpc) is 3.05. The predicted molar refractivity (Wildman–Crippen MR) is 109 cm³/mol. The van der Waals surface area contributed by atoms with Crippen LogP contribution >= 0.6 is 11.6 Å². The Morgan fingerprint density at radius 2 is 1.52 bits per heavy atom. The van der Waals surface area contributed by atoms with Gasteiger partial charge in [0, 0.05) is 16.3 Å². The molecule has 0 radical (unpaired) electrons. The van der Waals surface area contributed by atoms with Crippen LogP contribution in [0.5, 0.6) is 0 Å². The van der Waals surface area contributed by atoms with Crippen molar-refractivity contribution < 1.29 is 0 Å². The Kier molecular flexibility index (Phi) is 3.66. The van der Waals surface area contributed by atoms with Crippen LogP contribution in [0.3, 0.4) is 0 Å². The Balaban J connectivity index is 1.88. The highest BCUT2D eigenvalue weighted by Gasteiger charge is 2.17. The van der Waals surface area contributed by atoms with E-state index >= 15 is 0 Å². The number of para-hydroxylation sites is 2. The number of rotatable bonds is 2. The molecular formula is C22H15ClN4. The van der Waals surface area contributed by atoms with Crippen molar-refractivity contribution in [2.75, 3.05) is 0 Å². The van der Waals surface area contributed by atoms with Gasteiger partial charge in [0.05, 0.1) is 11.0 Å². The first-order valence-electron chi connectivity index (χ1n) is 8.67. The van der Waals surface area contributed by atoms with Gasteiger partial charge in [0.25, 0.3) is 0 Å². The van der Waals surface area contributed by atoms with E-state index in [9.17, 15) is 0 Å². The Bertz CT molecular complexity index is 1290. The van der Waals surface area contributed by atoms with Crippen LogP contribution < -0.4 is 0 Å². The van der Waals surface area contributed by atoms with Gasteiger partial charge in [0.2, 0.25) is 0 Å². The van der Waals surface area contributed by atoms with Gasteiger partial charge in [-0.05, 0) is 43.3 Å². The number of halogens is 1. The van der Waals surface area contributed by atoms with Crippen LogP contribution in [-0.4, -0.2) is 19.5 Å². The predicted octanol–water partition coefficient (Wildman–Crippen LogP) is 5.60. The molecule has 0 aliphatic rings. The molecule has 0 aliphatic heterocycles. The van der Waals surface area contributed by atoms with Crippen LogP contribution in [0.15, 0.2) is 72.8 Å². The highest BCUT2D eigenvalue weighted by molar-refractivity contribution is 6.30. The van der Waals surface area contributed by atoms with Gasteiger partial charge >= 0.3 is 0 Å². The number of aryl methyl sites for hydroxylation is 1. The smallest absolute Gasteiger partial charge is 0.199 e. The van der Waals surface area contributed by atoms with E-state index in [1.165, 1.54) is 5.56 Å². The van der Waals surface area contributed by atoms with Crippen molar-refractivity contribution in [2.24, 2.45) is 0 Å². The minimum atomic E-state index is 0.615. The van der Waals surface area contributed by atoms with E-state index in [1.807, 2.05) is 53.1 Å². The summed E-state index contributed by atoms with van der Waals surface area (Å²) in [5.41, 5.74) is 6.13. The van der Waals surface area contributed by atoms with Gasteiger partial charge < -0.3 is 0 Å². The highest BCUT2D eigenvalue weighted by Crippen LogP contribution is 2.29. The Hall–Kier alpha value is -3.24. The van der Waals surface area contributed by atoms with Gasteiger partial charge in [-0.25, -0.2) is 15.0 Å². The number of nitrogens with zero attached hydrogens (tertiary/aromatic N) is 4. The van der Waals surface area contributed by atoms with Crippen LogP contribution in [0.1, 0.15) is 5.56 Å². The number of fused-ring (bicyclic) bond motifs is 2. The molecule has 0 unspecified atom stereocenters. The quantitative estimate of drug-likeness (QED) is 0.406. The van der Waals surface area contributed by atoms with Gasteiger partial charge in [0.15, 0.2) is 11.3 Å². The summed E-state index contributed by atoms with van der Waals surface area (Å²) >= 11 is 6.23. The van der Waals surface area contributed by atoms with E-state index in [0.29, 0.717) is 10.7 Å². The average molecular weight is 371 g/mol. The first-order chi connectivity index (χ1) is 13.2. The Labute approximate surface area is 161 Å². The van der Waals surface area contributed by atoms with Crippen molar-refractivity contribution in [2.45, 2.75) is 6.92 Å². The summed E-state index contributed by atoms with van der Waals surface area (Å²) in [6.45, 7) is 2.07. The number of imidazole rings is 1. The fraction of sp³-hybridized carbons (Fsp3) is 0.0455. The molecule has 2 heterocycles. The molecule has 0 atom stereocenters. The van der Waals surface area contributed by atoms with Gasteiger partial charge in [0.1, 0.15) is 5.82 Å². The van der Waals surface area contributed by atoms with Crippen molar-refractivity contribution in [1.82, 2.24) is 19.5 Å². The highest BCUT2D eigenvalue weighted by atomic mass is 35.5. The molecule has 0 bridgehead atoms. The van der Waals surface area contributed by atoms with Gasteiger partial charge in [-0.3, -0.25) is 4.57 Å². The molecular weight excluding hydrogens is 356 g/mol.